The van der Waals surface area contributed by atoms with E-state index < -0.39 is 5.82 Å². The van der Waals surface area contributed by atoms with Crippen LogP contribution in [0, 0.1) is 5.82 Å². The number of nitrogens with two attached hydrogens (primary N) is 2. The van der Waals surface area contributed by atoms with Crippen molar-refractivity contribution in [3.8, 4) is 0 Å². The van der Waals surface area contributed by atoms with Crippen LogP contribution in [-0.2, 0) is 0 Å². The summed E-state index contributed by atoms with van der Waals surface area (Å²) in [4.78, 5) is 0. The van der Waals surface area contributed by atoms with Gasteiger partial charge in [0.2, 0.25) is 0 Å². The van der Waals surface area contributed by atoms with Crippen LogP contribution in [0.5, 0.6) is 0 Å². The third-order valence-electron chi connectivity index (χ3n) is 2.90. The highest BCUT2D eigenvalue weighted by molar-refractivity contribution is 6.33. The summed E-state index contributed by atoms with van der Waals surface area (Å²) in [6.45, 7) is 4.15. The van der Waals surface area contributed by atoms with E-state index in [-0.39, 0.29) is 28.1 Å². The van der Waals surface area contributed by atoms with Gasteiger partial charge in [-0.2, -0.15) is 0 Å². The van der Waals surface area contributed by atoms with E-state index in [0.29, 0.717) is 0 Å². The molecule has 0 amide bonds. The first kappa shape index (κ1) is 14.9. The van der Waals surface area contributed by atoms with Crippen molar-refractivity contribution in [1.29, 1.82) is 0 Å². The van der Waals surface area contributed by atoms with Gasteiger partial charge in [-0.3, -0.25) is 0 Å². The minimum atomic E-state index is -0.573. The molecular formula is C13H21ClFN3. The summed E-state index contributed by atoms with van der Waals surface area (Å²) in [5.74, 6) is -0.573. The Morgan fingerprint density at radius 1 is 1.33 bits per heavy atom. The van der Waals surface area contributed by atoms with Crippen LogP contribution in [0.25, 0.3) is 0 Å². The number of anilines is 3. The van der Waals surface area contributed by atoms with Gasteiger partial charge in [0.05, 0.1) is 17.1 Å². The minimum Gasteiger partial charge on any atom is -0.397 e. The van der Waals surface area contributed by atoms with Crippen molar-refractivity contribution in [1.82, 2.24) is 0 Å². The number of hydrogen-bond acceptors (Lipinski definition) is 3. The molecule has 0 aliphatic rings. The molecule has 0 aliphatic heterocycles. The molecule has 0 aromatic heterocycles. The molecule has 3 nitrogen and oxygen atoms in total. The number of benzene rings is 1. The quantitative estimate of drug-likeness (QED) is 0.542. The molecule has 0 aliphatic carbocycles. The zero-order valence-corrected chi connectivity index (χ0v) is 11.6. The Morgan fingerprint density at radius 2 is 2.00 bits per heavy atom. The Labute approximate surface area is 113 Å². The molecule has 102 valence electrons. The monoisotopic (exact) mass is 273 g/mol. The van der Waals surface area contributed by atoms with Crippen LogP contribution < -0.4 is 16.8 Å². The molecule has 0 saturated heterocycles. The molecule has 0 saturated carbocycles. The Kier molecular flexibility index (Phi) is 5.54. The standard InChI is InChI=1S/C13H21ClFN3/c1-3-4-5-6-8(2)18-13-10(17)7-9(16)11(14)12(13)15/h7-8,18H,3-6,16-17H2,1-2H3. The molecule has 0 heterocycles. The largest absolute Gasteiger partial charge is 0.397 e. The van der Waals surface area contributed by atoms with Crippen molar-refractivity contribution >= 4 is 28.7 Å². The first-order chi connectivity index (χ1) is 8.47. The van der Waals surface area contributed by atoms with Crippen LogP contribution in [0.1, 0.15) is 39.5 Å². The van der Waals surface area contributed by atoms with Crippen LogP contribution in [0.2, 0.25) is 5.02 Å². The van der Waals surface area contributed by atoms with Gasteiger partial charge in [0, 0.05) is 6.04 Å². The lowest BCUT2D eigenvalue weighted by molar-refractivity contribution is 0.600. The van der Waals surface area contributed by atoms with Crippen molar-refractivity contribution in [3.63, 3.8) is 0 Å². The Morgan fingerprint density at radius 3 is 2.61 bits per heavy atom. The van der Waals surface area contributed by atoms with Crippen molar-refractivity contribution < 1.29 is 4.39 Å². The first-order valence-corrected chi connectivity index (χ1v) is 6.64. The van der Waals surface area contributed by atoms with Gasteiger partial charge < -0.3 is 16.8 Å². The zero-order chi connectivity index (χ0) is 13.7. The summed E-state index contributed by atoms with van der Waals surface area (Å²) in [7, 11) is 0. The normalized spacial score (nSPS) is 12.4. The SMILES string of the molecule is CCCCCC(C)Nc1c(N)cc(N)c(Cl)c1F. The molecule has 0 radical (unpaired) electrons. The lowest BCUT2D eigenvalue weighted by Crippen LogP contribution is -2.17. The minimum absolute atomic E-state index is 0.0764. The van der Waals surface area contributed by atoms with Gasteiger partial charge >= 0.3 is 0 Å². The molecular weight excluding hydrogens is 253 g/mol. The maximum Gasteiger partial charge on any atom is 0.169 e. The second-order valence-electron chi connectivity index (χ2n) is 4.60. The smallest absolute Gasteiger partial charge is 0.169 e. The lowest BCUT2D eigenvalue weighted by atomic mass is 10.1. The summed E-state index contributed by atoms with van der Waals surface area (Å²) in [5.41, 5.74) is 12.0. The zero-order valence-electron chi connectivity index (χ0n) is 10.9. The molecule has 5 N–H and O–H groups in total. The molecule has 0 spiro atoms. The van der Waals surface area contributed by atoms with Gasteiger partial charge in [-0.05, 0) is 19.4 Å². The van der Waals surface area contributed by atoms with Gasteiger partial charge in [-0.25, -0.2) is 4.39 Å². The van der Waals surface area contributed by atoms with E-state index in [9.17, 15) is 4.39 Å². The summed E-state index contributed by atoms with van der Waals surface area (Å²) in [5, 5.41) is 2.99. The van der Waals surface area contributed by atoms with Crippen molar-refractivity contribution in [2.45, 2.75) is 45.6 Å². The highest BCUT2D eigenvalue weighted by Gasteiger charge is 2.15. The third-order valence-corrected chi connectivity index (χ3v) is 3.28. The van der Waals surface area contributed by atoms with Crippen LogP contribution in [0.4, 0.5) is 21.5 Å². The van der Waals surface area contributed by atoms with E-state index in [1.165, 1.54) is 12.5 Å². The Bertz CT molecular complexity index is 410. The van der Waals surface area contributed by atoms with Gasteiger partial charge in [0.25, 0.3) is 0 Å². The molecule has 0 bridgehead atoms. The maximum absolute atomic E-state index is 13.9. The third kappa shape index (κ3) is 3.67. The van der Waals surface area contributed by atoms with E-state index >= 15 is 0 Å². The molecule has 1 rings (SSSR count). The van der Waals surface area contributed by atoms with E-state index in [1.54, 1.807) is 0 Å². The predicted molar refractivity (Wildman–Crippen MR) is 77.5 cm³/mol. The molecule has 0 fully saturated rings. The maximum atomic E-state index is 13.9. The first-order valence-electron chi connectivity index (χ1n) is 6.26. The Balaban J connectivity index is 2.75. The fourth-order valence-corrected chi connectivity index (χ4v) is 1.98. The number of nitrogens with one attached hydrogen (secondary N) is 1. The molecule has 1 aromatic carbocycles. The number of rotatable bonds is 6. The fourth-order valence-electron chi connectivity index (χ4n) is 1.83. The lowest BCUT2D eigenvalue weighted by Gasteiger charge is -2.18. The van der Waals surface area contributed by atoms with Crippen LogP contribution >= 0.6 is 11.6 Å². The molecule has 1 atom stereocenters. The van der Waals surface area contributed by atoms with Crippen molar-refractivity contribution in [3.05, 3.63) is 16.9 Å². The van der Waals surface area contributed by atoms with Gasteiger partial charge in [0.1, 0.15) is 5.02 Å². The number of nitrogen functional groups attached to an aromatic ring is 2. The van der Waals surface area contributed by atoms with E-state index in [2.05, 4.69) is 12.2 Å². The Hall–Kier alpha value is -1.16. The van der Waals surface area contributed by atoms with Crippen LogP contribution in [0.3, 0.4) is 0 Å². The van der Waals surface area contributed by atoms with E-state index in [1.807, 2.05) is 6.92 Å². The van der Waals surface area contributed by atoms with Crippen molar-refractivity contribution in [2.24, 2.45) is 0 Å². The number of halogens is 2. The topological polar surface area (TPSA) is 64.1 Å². The number of hydrogen-bond donors (Lipinski definition) is 3. The van der Waals surface area contributed by atoms with Crippen LogP contribution in [0.15, 0.2) is 6.07 Å². The van der Waals surface area contributed by atoms with E-state index in [0.717, 1.165) is 19.3 Å². The average molecular weight is 274 g/mol. The second kappa shape index (κ2) is 6.69. The summed E-state index contributed by atoms with van der Waals surface area (Å²) in [6, 6.07) is 1.63. The summed E-state index contributed by atoms with van der Waals surface area (Å²) in [6.07, 6.45) is 4.41. The van der Waals surface area contributed by atoms with E-state index in [4.69, 9.17) is 23.1 Å². The molecule has 5 heteroatoms. The highest BCUT2D eigenvalue weighted by Crippen LogP contribution is 2.34. The van der Waals surface area contributed by atoms with Gasteiger partial charge in [-0.1, -0.05) is 37.8 Å². The van der Waals surface area contributed by atoms with Gasteiger partial charge in [0.15, 0.2) is 5.82 Å². The predicted octanol–water partition coefficient (Wildman–Crippen LogP) is 4.02. The highest BCUT2D eigenvalue weighted by atomic mass is 35.5. The van der Waals surface area contributed by atoms with Crippen molar-refractivity contribution in [2.75, 3.05) is 16.8 Å². The molecule has 1 aromatic rings. The average Bonchev–Trinajstić information content (AvgIpc) is 2.32. The summed E-state index contributed by atoms with van der Waals surface area (Å²) >= 11 is 5.77. The fraction of sp³-hybridized carbons (Fsp3) is 0.538. The molecule has 1 unspecified atom stereocenters. The van der Waals surface area contributed by atoms with Crippen LogP contribution in [-0.4, -0.2) is 6.04 Å². The summed E-state index contributed by atoms with van der Waals surface area (Å²) < 4.78 is 13.9. The van der Waals surface area contributed by atoms with Gasteiger partial charge in [-0.15, -0.1) is 0 Å². The second-order valence-corrected chi connectivity index (χ2v) is 4.98. The number of unbranched alkanes of at least 4 members (excludes halogenated alkanes) is 2. The molecule has 18 heavy (non-hydrogen) atoms.